The number of nitrogens with zero attached hydrogens (tertiary/aromatic N) is 1. The number of aromatic amines is 1. The first-order valence-electron chi connectivity index (χ1n) is 5.07. The van der Waals surface area contributed by atoms with Crippen LogP contribution >= 0.6 is 27.5 Å². The number of halogens is 2. The number of aromatic nitrogens is 1. The second-order valence-electron chi connectivity index (χ2n) is 3.58. The molecular formula is C11H7BrClN3O3. The zero-order valence-electron chi connectivity index (χ0n) is 9.31. The maximum atomic E-state index is 11.9. The first-order chi connectivity index (χ1) is 8.99. The summed E-state index contributed by atoms with van der Waals surface area (Å²) in [5.41, 5.74) is 0.406. The smallest absolute Gasteiger partial charge is 0.287 e. The Morgan fingerprint density at radius 3 is 2.84 bits per heavy atom. The molecule has 2 rings (SSSR count). The lowest BCUT2D eigenvalue weighted by molar-refractivity contribution is -0.384. The average molecular weight is 345 g/mol. The van der Waals surface area contributed by atoms with Gasteiger partial charge in [-0.15, -0.1) is 0 Å². The van der Waals surface area contributed by atoms with E-state index in [9.17, 15) is 14.9 Å². The van der Waals surface area contributed by atoms with Gasteiger partial charge in [0.2, 0.25) is 0 Å². The number of carbonyl (C=O) groups is 1. The molecule has 1 aromatic carbocycles. The van der Waals surface area contributed by atoms with Crippen LogP contribution in [0.25, 0.3) is 0 Å². The lowest BCUT2D eigenvalue weighted by Gasteiger charge is -2.06. The molecule has 0 bridgehead atoms. The number of carbonyl (C=O) groups excluding carboxylic acids is 1. The Morgan fingerprint density at radius 1 is 1.47 bits per heavy atom. The summed E-state index contributed by atoms with van der Waals surface area (Å²) in [4.78, 5) is 24.4. The minimum absolute atomic E-state index is 0.0959. The van der Waals surface area contributed by atoms with Crippen LogP contribution in [0, 0.1) is 10.1 Å². The van der Waals surface area contributed by atoms with Crippen LogP contribution in [0.5, 0.6) is 0 Å². The quantitative estimate of drug-likeness (QED) is 0.659. The molecule has 0 spiro atoms. The van der Waals surface area contributed by atoms with Crippen molar-refractivity contribution in [2.24, 2.45) is 0 Å². The van der Waals surface area contributed by atoms with E-state index in [0.717, 1.165) is 12.3 Å². The zero-order valence-corrected chi connectivity index (χ0v) is 11.7. The molecule has 1 heterocycles. The molecule has 1 aromatic heterocycles. The highest BCUT2D eigenvalue weighted by molar-refractivity contribution is 9.10. The van der Waals surface area contributed by atoms with E-state index in [4.69, 9.17) is 11.6 Å². The van der Waals surface area contributed by atoms with Crippen LogP contribution in [0.2, 0.25) is 5.02 Å². The van der Waals surface area contributed by atoms with Crippen LogP contribution < -0.4 is 5.32 Å². The number of nitrogens with one attached hydrogen (secondary N) is 2. The van der Waals surface area contributed by atoms with Gasteiger partial charge < -0.3 is 10.3 Å². The van der Waals surface area contributed by atoms with Crippen molar-refractivity contribution in [2.75, 3.05) is 5.32 Å². The minimum atomic E-state index is -0.581. The molecule has 19 heavy (non-hydrogen) atoms. The number of amides is 1. The fourth-order valence-electron chi connectivity index (χ4n) is 1.41. The summed E-state index contributed by atoms with van der Waals surface area (Å²) in [7, 11) is 0. The van der Waals surface area contributed by atoms with Gasteiger partial charge in [-0.25, -0.2) is 0 Å². The third kappa shape index (κ3) is 2.94. The van der Waals surface area contributed by atoms with E-state index in [-0.39, 0.29) is 11.4 Å². The largest absolute Gasteiger partial charge is 0.351 e. The number of rotatable bonds is 3. The Labute approximate surface area is 121 Å². The van der Waals surface area contributed by atoms with E-state index in [1.54, 1.807) is 18.2 Å². The Hall–Kier alpha value is -1.86. The van der Waals surface area contributed by atoms with Crippen LogP contribution in [-0.2, 0) is 0 Å². The van der Waals surface area contributed by atoms with Crippen LogP contribution in [-0.4, -0.2) is 15.8 Å². The molecule has 0 aliphatic carbocycles. The van der Waals surface area contributed by atoms with E-state index >= 15 is 0 Å². The highest BCUT2D eigenvalue weighted by Crippen LogP contribution is 2.30. The Balaban J connectivity index is 2.21. The Morgan fingerprint density at radius 2 is 2.21 bits per heavy atom. The van der Waals surface area contributed by atoms with Gasteiger partial charge in [-0.1, -0.05) is 17.7 Å². The summed E-state index contributed by atoms with van der Waals surface area (Å²) in [6.45, 7) is 0. The summed E-state index contributed by atoms with van der Waals surface area (Å²) in [5, 5.41) is 13.6. The van der Waals surface area contributed by atoms with Gasteiger partial charge in [0.15, 0.2) is 0 Å². The SMILES string of the molecule is O=C(Nc1cccc(Cl)c1Br)c1cc([N+](=O)[O-])c[nH]1. The molecule has 0 unspecified atom stereocenters. The third-order valence-electron chi connectivity index (χ3n) is 2.32. The topological polar surface area (TPSA) is 88.0 Å². The molecule has 1 amide bonds. The van der Waals surface area contributed by atoms with Crippen molar-refractivity contribution in [1.29, 1.82) is 0 Å². The number of nitro groups is 1. The second kappa shape index (κ2) is 5.41. The molecule has 0 atom stereocenters. The molecule has 2 N–H and O–H groups in total. The fraction of sp³-hybridized carbons (Fsp3) is 0. The third-order valence-corrected chi connectivity index (χ3v) is 3.72. The number of hydrogen-bond acceptors (Lipinski definition) is 3. The van der Waals surface area contributed by atoms with Gasteiger partial charge in [0.05, 0.1) is 26.3 Å². The van der Waals surface area contributed by atoms with E-state index in [0.29, 0.717) is 15.2 Å². The molecule has 98 valence electrons. The summed E-state index contributed by atoms with van der Waals surface area (Å²) < 4.78 is 0.547. The predicted octanol–water partition coefficient (Wildman–Crippen LogP) is 3.59. The second-order valence-corrected chi connectivity index (χ2v) is 4.78. The van der Waals surface area contributed by atoms with E-state index in [1.807, 2.05) is 0 Å². The van der Waals surface area contributed by atoms with Crippen molar-refractivity contribution in [1.82, 2.24) is 4.98 Å². The van der Waals surface area contributed by atoms with Gasteiger partial charge in [0, 0.05) is 6.07 Å². The first-order valence-corrected chi connectivity index (χ1v) is 6.24. The van der Waals surface area contributed by atoms with E-state index in [1.165, 1.54) is 0 Å². The van der Waals surface area contributed by atoms with Crippen molar-refractivity contribution in [3.8, 4) is 0 Å². The summed E-state index contributed by atoms with van der Waals surface area (Å²) >= 11 is 9.14. The molecular weight excluding hydrogens is 337 g/mol. The molecule has 0 fully saturated rings. The van der Waals surface area contributed by atoms with E-state index in [2.05, 4.69) is 26.2 Å². The molecule has 8 heteroatoms. The van der Waals surface area contributed by atoms with Gasteiger partial charge in [-0.3, -0.25) is 14.9 Å². The summed E-state index contributed by atoms with van der Waals surface area (Å²) in [6, 6.07) is 6.17. The number of anilines is 1. The normalized spacial score (nSPS) is 10.2. The van der Waals surface area contributed by atoms with Crippen LogP contribution in [0.4, 0.5) is 11.4 Å². The predicted molar refractivity (Wildman–Crippen MR) is 74.6 cm³/mol. The fourth-order valence-corrected chi connectivity index (χ4v) is 1.95. The standard InChI is InChI=1S/C11H7BrClN3O3/c12-10-7(13)2-1-3-8(10)15-11(17)9-4-6(5-14-9)16(18)19/h1-5,14H,(H,15,17). The highest BCUT2D eigenvalue weighted by atomic mass is 79.9. The van der Waals surface area contributed by atoms with Crippen LogP contribution in [0.1, 0.15) is 10.5 Å². The van der Waals surface area contributed by atoms with Gasteiger partial charge in [0.25, 0.3) is 11.6 Å². The summed E-state index contributed by atoms with van der Waals surface area (Å²) in [5.74, 6) is -0.490. The maximum absolute atomic E-state index is 11.9. The van der Waals surface area contributed by atoms with Gasteiger partial charge >= 0.3 is 0 Å². The number of H-pyrrole nitrogens is 1. The molecule has 0 aliphatic rings. The van der Waals surface area contributed by atoms with Crippen molar-refractivity contribution in [3.63, 3.8) is 0 Å². The highest BCUT2D eigenvalue weighted by Gasteiger charge is 2.15. The lowest BCUT2D eigenvalue weighted by Crippen LogP contribution is -2.12. The summed E-state index contributed by atoms with van der Waals surface area (Å²) in [6.07, 6.45) is 1.15. The zero-order chi connectivity index (χ0) is 14.0. The van der Waals surface area contributed by atoms with Crippen molar-refractivity contribution in [2.45, 2.75) is 0 Å². The van der Waals surface area contributed by atoms with Gasteiger partial charge in [-0.2, -0.15) is 0 Å². The van der Waals surface area contributed by atoms with Crippen molar-refractivity contribution < 1.29 is 9.72 Å². The average Bonchev–Trinajstić information content (AvgIpc) is 2.84. The molecule has 0 aliphatic heterocycles. The van der Waals surface area contributed by atoms with Gasteiger partial charge in [0.1, 0.15) is 5.69 Å². The lowest BCUT2D eigenvalue weighted by atomic mass is 10.3. The van der Waals surface area contributed by atoms with Crippen molar-refractivity contribution >= 4 is 44.8 Å². The molecule has 0 radical (unpaired) electrons. The Bertz CT molecular complexity index is 656. The van der Waals surface area contributed by atoms with Gasteiger partial charge in [-0.05, 0) is 28.1 Å². The van der Waals surface area contributed by atoms with Crippen molar-refractivity contribution in [3.05, 3.63) is 55.8 Å². The maximum Gasteiger partial charge on any atom is 0.287 e. The molecule has 0 saturated carbocycles. The van der Waals surface area contributed by atoms with E-state index < -0.39 is 10.8 Å². The minimum Gasteiger partial charge on any atom is -0.351 e. The van der Waals surface area contributed by atoms with Crippen LogP contribution in [0.3, 0.4) is 0 Å². The van der Waals surface area contributed by atoms with Crippen LogP contribution in [0.15, 0.2) is 34.9 Å². The number of hydrogen-bond donors (Lipinski definition) is 2. The molecule has 0 saturated heterocycles. The number of benzene rings is 1. The Kier molecular flexibility index (Phi) is 3.87. The molecule has 2 aromatic rings. The molecule has 6 nitrogen and oxygen atoms in total. The first kappa shape index (κ1) is 13.6. The monoisotopic (exact) mass is 343 g/mol.